The molecule has 0 aliphatic rings. The molecule has 100 valence electrons. The van der Waals surface area contributed by atoms with Gasteiger partial charge in [-0.1, -0.05) is 43.3 Å². The van der Waals surface area contributed by atoms with Crippen LogP contribution in [0.1, 0.15) is 23.6 Å². The summed E-state index contributed by atoms with van der Waals surface area (Å²) >= 11 is 0. The molecule has 0 aliphatic heterocycles. The van der Waals surface area contributed by atoms with E-state index in [0.717, 1.165) is 13.0 Å². The molecule has 2 heteroatoms. The molecule has 0 aromatic heterocycles. The molecular weight excluding hydrogens is 232 g/mol. The molecule has 19 heavy (non-hydrogen) atoms. The van der Waals surface area contributed by atoms with Crippen LogP contribution in [0, 0.1) is 0 Å². The highest BCUT2D eigenvalue weighted by molar-refractivity contribution is 5.47. The summed E-state index contributed by atoms with van der Waals surface area (Å²) in [6, 6.07) is 17.3. The summed E-state index contributed by atoms with van der Waals surface area (Å²) in [7, 11) is 2.12. The monoisotopic (exact) mass is 254 g/mol. The van der Waals surface area contributed by atoms with Crippen LogP contribution in [-0.2, 0) is 19.5 Å². The Morgan fingerprint density at radius 1 is 0.842 bits per heavy atom. The summed E-state index contributed by atoms with van der Waals surface area (Å²) in [5, 5.41) is 0. The molecule has 2 rings (SSSR count). The average molecular weight is 254 g/mol. The van der Waals surface area contributed by atoms with Crippen molar-refractivity contribution >= 4 is 5.69 Å². The van der Waals surface area contributed by atoms with Gasteiger partial charge in [0.15, 0.2) is 0 Å². The lowest BCUT2D eigenvalue weighted by Gasteiger charge is -2.20. The quantitative estimate of drug-likeness (QED) is 0.886. The van der Waals surface area contributed by atoms with Crippen LogP contribution >= 0.6 is 0 Å². The number of aryl methyl sites for hydroxylation is 1. The van der Waals surface area contributed by atoms with Gasteiger partial charge in [0.2, 0.25) is 0 Å². The van der Waals surface area contributed by atoms with Crippen LogP contribution in [0.5, 0.6) is 0 Å². The number of nitrogens with two attached hydrogens (primary N) is 1. The van der Waals surface area contributed by atoms with E-state index in [4.69, 9.17) is 5.73 Å². The predicted molar refractivity (Wildman–Crippen MR) is 82.3 cm³/mol. The van der Waals surface area contributed by atoms with Gasteiger partial charge in [-0.3, -0.25) is 0 Å². The number of hydrogen-bond donors (Lipinski definition) is 1. The van der Waals surface area contributed by atoms with Crippen LogP contribution in [-0.4, -0.2) is 7.05 Å². The van der Waals surface area contributed by atoms with Crippen molar-refractivity contribution in [1.82, 2.24) is 0 Å². The number of anilines is 1. The van der Waals surface area contributed by atoms with Crippen molar-refractivity contribution in [2.45, 2.75) is 26.4 Å². The van der Waals surface area contributed by atoms with Crippen LogP contribution in [0.3, 0.4) is 0 Å². The number of hydrogen-bond acceptors (Lipinski definition) is 2. The zero-order valence-electron chi connectivity index (χ0n) is 11.8. The Hall–Kier alpha value is -1.80. The first kappa shape index (κ1) is 13.6. The molecule has 0 bridgehead atoms. The molecule has 0 spiro atoms. The lowest BCUT2D eigenvalue weighted by molar-refractivity contribution is 0.919. The van der Waals surface area contributed by atoms with E-state index in [1.165, 1.54) is 22.4 Å². The maximum atomic E-state index is 5.61. The Balaban J connectivity index is 2.04. The topological polar surface area (TPSA) is 29.3 Å². The van der Waals surface area contributed by atoms with Crippen molar-refractivity contribution in [3.8, 4) is 0 Å². The second-order valence-corrected chi connectivity index (χ2v) is 4.90. The average Bonchev–Trinajstić information content (AvgIpc) is 2.48. The second-order valence-electron chi connectivity index (χ2n) is 4.90. The number of nitrogens with zero attached hydrogens (tertiary/aromatic N) is 1. The standard InChI is InChI=1S/C17H22N2/c1-3-14-8-10-17(11-9-14)19(2)13-16-6-4-15(12-18)5-7-16/h4-11H,3,12-13,18H2,1-2H3. The van der Waals surface area contributed by atoms with E-state index in [1.807, 2.05) is 0 Å². The molecule has 0 saturated heterocycles. The first-order chi connectivity index (χ1) is 9.22. The first-order valence-electron chi connectivity index (χ1n) is 6.81. The Kier molecular flexibility index (Phi) is 4.58. The summed E-state index contributed by atoms with van der Waals surface area (Å²) in [6.45, 7) is 3.70. The predicted octanol–water partition coefficient (Wildman–Crippen LogP) is 3.34. The molecule has 0 radical (unpaired) electrons. The van der Waals surface area contributed by atoms with E-state index >= 15 is 0 Å². The van der Waals surface area contributed by atoms with Crippen molar-refractivity contribution in [3.63, 3.8) is 0 Å². The van der Waals surface area contributed by atoms with Gasteiger partial charge >= 0.3 is 0 Å². The van der Waals surface area contributed by atoms with Crippen molar-refractivity contribution < 1.29 is 0 Å². The van der Waals surface area contributed by atoms with Crippen LogP contribution in [0.15, 0.2) is 48.5 Å². The van der Waals surface area contributed by atoms with Gasteiger partial charge in [0, 0.05) is 25.8 Å². The fourth-order valence-electron chi connectivity index (χ4n) is 2.13. The third-order valence-electron chi connectivity index (χ3n) is 3.46. The third-order valence-corrected chi connectivity index (χ3v) is 3.46. The fourth-order valence-corrected chi connectivity index (χ4v) is 2.13. The van der Waals surface area contributed by atoms with E-state index in [0.29, 0.717) is 6.54 Å². The van der Waals surface area contributed by atoms with Crippen molar-refractivity contribution in [1.29, 1.82) is 0 Å². The highest BCUT2D eigenvalue weighted by Crippen LogP contribution is 2.17. The Morgan fingerprint density at radius 3 is 1.89 bits per heavy atom. The van der Waals surface area contributed by atoms with Crippen LogP contribution in [0.4, 0.5) is 5.69 Å². The summed E-state index contributed by atoms with van der Waals surface area (Å²) in [5.41, 5.74) is 10.7. The molecule has 0 atom stereocenters. The molecule has 0 aliphatic carbocycles. The first-order valence-corrected chi connectivity index (χ1v) is 6.81. The summed E-state index contributed by atoms with van der Waals surface area (Å²) < 4.78 is 0. The Labute approximate surface area is 115 Å². The zero-order valence-corrected chi connectivity index (χ0v) is 11.8. The van der Waals surface area contributed by atoms with Gasteiger partial charge in [-0.05, 0) is 35.2 Å². The van der Waals surface area contributed by atoms with Gasteiger partial charge in [0.25, 0.3) is 0 Å². The van der Waals surface area contributed by atoms with Gasteiger partial charge in [-0.25, -0.2) is 0 Å². The molecule has 0 heterocycles. The Bertz CT molecular complexity index is 500. The Morgan fingerprint density at radius 2 is 1.37 bits per heavy atom. The molecule has 0 amide bonds. The summed E-state index contributed by atoms with van der Waals surface area (Å²) in [4.78, 5) is 2.26. The molecule has 2 aromatic carbocycles. The smallest absolute Gasteiger partial charge is 0.0426 e. The van der Waals surface area contributed by atoms with E-state index in [-0.39, 0.29) is 0 Å². The second kappa shape index (κ2) is 6.39. The molecular formula is C17H22N2. The molecule has 0 saturated carbocycles. The van der Waals surface area contributed by atoms with Crippen molar-refractivity contribution in [2.24, 2.45) is 5.73 Å². The summed E-state index contributed by atoms with van der Waals surface area (Å²) in [5.74, 6) is 0. The minimum Gasteiger partial charge on any atom is -0.370 e. The van der Waals surface area contributed by atoms with Crippen molar-refractivity contribution in [3.05, 3.63) is 65.2 Å². The van der Waals surface area contributed by atoms with Gasteiger partial charge in [0.05, 0.1) is 0 Å². The van der Waals surface area contributed by atoms with Crippen LogP contribution in [0.2, 0.25) is 0 Å². The molecule has 0 unspecified atom stereocenters. The van der Waals surface area contributed by atoms with Crippen molar-refractivity contribution in [2.75, 3.05) is 11.9 Å². The maximum Gasteiger partial charge on any atom is 0.0426 e. The van der Waals surface area contributed by atoms with Crippen LogP contribution in [0.25, 0.3) is 0 Å². The van der Waals surface area contributed by atoms with E-state index in [1.54, 1.807) is 0 Å². The number of benzene rings is 2. The zero-order chi connectivity index (χ0) is 13.7. The third kappa shape index (κ3) is 3.58. The SMILES string of the molecule is CCc1ccc(N(C)Cc2ccc(CN)cc2)cc1. The highest BCUT2D eigenvalue weighted by atomic mass is 15.1. The number of rotatable bonds is 5. The van der Waals surface area contributed by atoms with E-state index < -0.39 is 0 Å². The largest absolute Gasteiger partial charge is 0.370 e. The molecule has 2 N–H and O–H groups in total. The minimum absolute atomic E-state index is 0.606. The fraction of sp³-hybridized carbons (Fsp3) is 0.294. The van der Waals surface area contributed by atoms with Gasteiger partial charge in [0.1, 0.15) is 0 Å². The normalized spacial score (nSPS) is 10.5. The highest BCUT2D eigenvalue weighted by Gasteiger charge is 2.02. The van der Waals surface area contributed by atoms with Crippen LogP contribution < -0.4 is 10.6 Å². The summed E-state index contributed by atoms with van der Waals surface area (Å²) in [6.07, 6.45) is 1.09. The van der Waals surface area contributed by atoms with E-state index in [9.17, 15) is 0 Å². The van der Waals surface area contributed by atoms with E-state index in [2.05, 4.69) is 67.4 Å². The lowest BCUT2D eigenvalue weighted by Crippen LogP contribution is -2.16. The van der Waals surface area contributed by atoms with Gasteiger partial charge in [-0.15, -0.1) is 0 Å². The molecule has 2 nitrogen and oxygen atoms in total. The molecule has 2 aromatic rings. The lowest BCUT2D eigenvalue weighted by atomic mass is 10.1. The minimum atomic E-state index is 0.606. The van der Waals surface area contributed by atoms with Gasteiger partial charge < -0.3 is 10.6 Å². The van der Waals surface area contributed by atoms with Gasteiger partial charge in [-0.2, -0.15) is 0 Å². The maximum absolute atomic E-state index is 5.61. The molecule has 0 fully saturated rings.